The first-order valence-electron chi connectivity index (χ1n) is 10.9. The number of carbonyl (C=O) groups is 1. The Balaban J connectivity index is 1.49. The van der Waals surface area contributed by atoms with Crippen LogP contribution >= 0.6 is 0 Å². The van der Waals surface area contributed by atoms with E-state index >= 15 is 0 Å². The third-order valence-corrected chi connectivity index (χ3v) is 6.34. The molecule has 5 nitrogen and oxygen atoms in total. The molecule has 162 valence electrons. The molecule has 1 aliphatic heterocycles. The minimum atomic E-state index is -0.00412. The van der Waals surface area contributed by atoms with E-state index in [9.17, 15) is 4.79 Å². The first-order chi connectivity index (χ1) is 15.7. The first kappa shape index (κ1) is 20.2. The molecule has 1 aromatic heterocycles. The van der Waals surface area contributed by atoms with Crippen molar-refractivity contribution in [3.05, 3.63) is 95.2 Å². The second-order valence-electron chi connectivity index (χ2n) is 8.09. The van der Waals surface area contributed by atoms with Crippen LogP contribution < -0.4 is 9.47 Å². The fraction of sp³-hybridized carbons (Fsp3) is 0.222. The van der Waals surface area contributed by atoms with Crippen molar-refractivity contribution in [3.8, 4) is 11.5 Å². The van der Waals surface area contributed by atoms with Gasteiger partial charge in [0.05, 0.1) is 20.3 Å². The van der Waals surface area contributed by atoms with Gasteiger partial charge in [-0.1, -0.05) is 54.6 Å². The number of carbonyl (C=O) groups excluding carboxylic acids is 1. The van der Waals surface area contributed by atoms with E-state index in [0.717, 1.165) is 40.4 Å². The van der Waals surface area contributed by atoms with Crippen molar-refractivity contribution < 1.29 is 14.3 Å². The number of benzene rings is 3. The Kier molecular flexibility index (Phi) is 5.31. The molecule has 0 aliphatic carbocycles. The lowest BCUT2D eigenvalue weighted by atomic mass is 9.91. The number of amides is 1. The molecule has 32 heavy (non-hydrogen) atoms. The van der Waals surface area contributed by atoms with Crippen molar-refractivity contribution in [1.82, 2.24) is 9.88 Å². The minimum Gasteiger partial charge on any atom is -0.493 e. The normalized spacial score (nSPS) is 15.6. The van der Waals surface area contributed by atoms with E-state index < -0.39 is 0 Å². The summed E-state index contributed by atoms with van der Waals surface area (Å²) in [6, 6.07) is 24.4. The Morgan fingerprint density at radius 3 is 2.47 bits per heavy atom. The van der Waals surface area contributed by atoms with Crippen LogP contribution in [-0.4, -0.2) is 36.6 Å². The maximum Gasteiger partial charge on any atom is 0.271 e. The molecule has 0 fully saturated rings. The number of rotatable bonds is 6. The van der Waals surface area contributed by atoms with Gasteiger partial charge in [-0.15, -0.1) is 0 Å². The molecule has 4 aromatic rings. The van der Waals surface area contributed by atoms with Crippen LogP contribution in [0.3, 0.4) is 0 Å². The number of nitrogens with one attached hydrogen (secondary N) is 1. The summed E-state index contributed by atoms with van der Waals surface area (Å²) >= 11 is 0. The Labute approximate surface area is 187 Å². The Morgan fingerprint density at radius 1 is 0.938 bits per heavy atom. The van der Waals surface area contributed by atoms with Crippen LogP contribution in [0.15, 0.2) is 72.8 Å². The van der Waals surface area contributed by atoms with E-state index in [1.807, 2.05) is 59.5 Å². The summed E-state index contributed by atoms with van der Waals surface area (Å²) in [5.41, 5.74) is 5.10. The van der Waals surface area contributed by atoms with E-state index in [1.165, 1.54) is 0 Å². The summed E-state index contributed by atoms with van der Waals surface area (Å²) in [4.78, 5) is 19.0. The van der Waals surface area contributed by atoms with Crippen LogP contribution in [0.1, 0.15) is 33.2 Å². The molecule has 2 heterocycles. The van der Waals surface area contributed by atoms with E-state index in [0.29, 0.717) is 23.7 Å². The largest absolute Gasteiger partial charge is 0.493 e. The molecule has 1 aliphatic rings. The minimum absolute atomic E-state index is 0.00412. The highest BCUT2D eigenvalue weighted by atomic mass is 16.5. The predicted molar refractivity (Wildman–Crippen MR) is 125 cm³/mol. The van der Waals surface area contributed by atoms with Gasteiger partial charge in [0, 0.05) is 17.4 Å². The molecule has 0 saturated carbocycles. The quantitative estimate of drug-likeness (QED) is 0.463. The number of hydrogen-bond donors (Lipinski definition) is 1. The Morgan fingerprint density at radius 2 is 1.69 bits per heavy atom. The lowest BCUT2D eigenvalue weighted by Gasteiger charge is -2.36. The SMILES string of the molecule is COc1ccc(CCN2C(=O)c3[nH]c4ccccc4c3CC2c2ccccc2)cc1OC. The lowest BCUT2D eigenvalue weighted by Crippen LogP contribution is -2.41. The van der Waals surface area contributed by atoms with E-state index in [4.69, 9.17) is 9.47 Å². The summed E-state index contributed by atoms with van der Waals surface area (Å²) in [5, 5.41) is 1.14. The predicted octanol–water partition coefficient (Wildman–Crippen LogP) is 5.17. The van der Waals surface area contributed by atoms with Gasteiger partial charge in [0.15, 0.2) is 11.5 Å². The average Bonchev–Trinajstić information content (AvgIpc) is 3.22. The van der Waals surface area contributed by atoms with Crippen LogP contribution in [0, 0.1) is 0 Å². The molecule has 1 atom stereocenters. The van der Waals surface area contributed by atoms with E-state index in [1.54, 1.807) is 14.2 Å². The number of H-pyrrole nitrogens is 1. The Bertz CT molecular complexity index is 1260. The summed E-state index contributed by atoms with van der Waals surface area (Å²) in [6.45, 7) is 0.614. The number of fused-ring (bicyclic) bond motifs is 3. The van der Waals surface area contributed by atoms with Gasteiger partial charge in [-0.3, -0.25) is 4.79 Å². The molecule has 0 radical (unpaired) electrons. The van der Waals surface area contributed by atoms with Crippen LogP contribution in [0.4, 0.5) is 0 Å². The maximum atomic E-state index is 13.7. The van der Waals surface area contributed by atoms with Gasteiger partial charge in [0.1, 0.15) is 5.69 Å². The fourth-order valence-corrected chi connectivity index (χ4v) is 4.70. The summed E-state index contributed by atoms with van der Waals surface area (Å²) in [7, 11) is 3.27. The number of para-hydroxylation sites is 1. The van der Waals surface area contributed by atoms with Gasteiger partial charge in [-0.2, -0.15) is 0 Å². The van der Waals surface area contributed by atoms with Gasteiger partial charge < -0.3 is 19.4 Å². The van der Waals surface area contributed by atoms with E-state index in [-0.39, 0.29) is 11.9 Å². The highest BCUT2D eigenvalue weighted by Crippen LogP contribution is 2.37. The zero-order valence-corrected chi connectivity index (χ0v) is 18.3. The fourth-order valence-electron chi connectivity index (χ4n) is 4.70. The van der Waals surface area contributed by atoms with Crippen LogP contribution in [0.2, 0.25) is 0 Å². The van der Waals surface area contributed by atoms with Gasteiger partial charge >= 0.3 is 0 Å². The molecule has 5 rings (SSSR count). The number of nitrogens with zero attached hydrogens (tertiary/aromatic N) is 1. The van der Waals surface area contributed by atoms with Crippen LogP contribution in [0.5, 0.6) is 11.5 Å². The lowest BCUT2D eigenvalue weighted by molar-refractivity contribution is 0.0645. The van der Waals surface area contributed by atoms with E-state index in [2.05, 4.69) is 23.2 Å². The highest BCUT2D eigenvalue weighted by Gasteiger charge is 2.35. The number of methoxy groups -OCH3 is 2. The Hall–Kier alpha value is -3.73. The smallest absolute Gasteiger partial charge is 0.271 e. The first-order valence-corrected chi connectivity index (χ1v) is 10.9. The van der Waals surface area contributed by atoms with Gasteiger partial charge in [0.2, 0.25) is 0 Å². The second-order valence-corrected chi connectivity index (χ2v) is 8.09. The third-order valence-electron chi connectivity index (χ3n) is 6.34. The molecule has 1 unspecified atom stereocenters. The van der Waals surface area contributed by atoms with Gasteiger partial charge in [0.25, 0.3) is 5.91 Å². The molecule has 1 amide bonds. The van der Waals surface area contributed by atoms with Crippen molar-refractivity contribution in [2.75, 3.05) is 20.8 Å². The van der Waals surface area contributed by atoms with Crippen molar-refractivity contribution in [3.63, 3.8) is 0 Å². The topological polar surface area (TPSA) is 54.6 Å². The van der Waals surface area contributed by atoms with Crippen molar-refractivity contribution in [1.29, 1.82) is 0 Å². The van der Waals surface area contributed by atoms with Crippen LogP contribution in [0.25, 0.3) is 10.9 Å². The third kappa shape index (κ3) is 3.50. The molecule has 3 aromatic carbocycles. The van der Waals surface area contributed by atoms with Crippen molar-refractivity contribution >= 4 is 16.8 Å². The molecule has 1 N–H and O–H groups in total. The standard InChI is InChI=1S/C27H26N2O3/c1-31-24-13-12-18(16-25(24)32-2)14-15-29-23(19-8-4-3-5-9-19)17-21-20-10-6-7-11-22(20)28-26(21)27(29)30/h3-13,16,23,28H,14-15,17H2,1-2H3. The number of aromatic amines is 1. The molecule has 0 spiro atoms. The number of aromatic nitrogens is 1. The molecule has 0 saturated heterocycles. The monoisotopic (exact) mass is 426 g/mol. The second kappa shape index (κ2) is 8.42. The van der Waals surface area contributed by atoms with Crippen molar-refractivity contribution in [2.24, 2.45) is 0 Å². The van der Waals surface area contributed by atoms with Crippen molar-refractivity contribution in [2.45, 2.75) is 18.9 Å². The summed E-state index contributed by atoms with van der Waals surface area (Å²) in [6.07, 6.45) is 1.52. The maximum absolute atomic E-state index is 13.7. The summed E-state index contributed by atoms with van der Waals surface area (Å²) in [5.74, 6) is 1.46. The molecular formula is C27H26N2O3. The zero-order valence-electron chi connectivity index (χ0n) is 18.3. The molecular weight excluding hydrogens is 400 g/mol. The van der Waals surface area contributed by atoms with Gasteiger partial charge in [-0.05, 0) is 47.7 Å². The zero-order chi connectivity index (χ0) is 22.1. The van der Waals surface area contributed by atoms with Crippen LogP contribution in [-0.2, 0) is 12.8 Å². The average molecular weight is 427 g/mol. The number of hydrogen-bond acceptors (Lipinski definition) is 3. The molecule has 0 bridgehead atoms. The summed E-state index contributed by atoms with van der Waals surface area (Å²) < 4.78 is 10.8. The molecule has 5 heteroatoms. The number of ether oxygens (including phenoxy) is 2. The van der Waals surface area contributed by atoms with Gasteiger partial charge in [-0.25, -0.2) is 0 Å². The highest BCUT2D eigenvalue weighted by molar-refractivity contribution is 6.02.